The Balaban J connectivity index is 2.06. The molecular weight excluding hydrogens is 250 g/mol. The SMILES string of the molecule is CCN(CC)CCCN(CC)CCOC1CCNCC1. The minimum absolute atomic E-state index is 0.491. The molecule has 0 spiro atoms. The van der Waals surface area contributed by atoms with Crippen LogP contribution in [0.3, 0.4) is 0 Å². The molecular formula is C16H35N3O. The molecule has 4 nitrogen and oxygen atoms in total. The van der Waals surface area contributed by atoms with Crippen LogP contribution >= 0.6 is 0 Å². The van der Waals surface area contributed by atoms with Crippen molar-refractivity contribution in [1.29, 1.82) is 0 Å². The second-order valence-electron chi connectivity index (χ2n) is 5.63. The monoisotopic (exact) mass is 285 g/mol. The van der Waals surface area contributed by atoms with Crippen LogP contribution in [-0.4, -0.2) is 74.9 Å². The van der Waals surface area contributed by atoms with Gasteiger partial charge in [0.2, 0.25) is 0 Å². The quantitative estimate of drug-likeness (QED) is 0.626. The average molecular weight is 285 g/mol. The highest BCUT2D eigenvalue weighted by molar-refractivity contribution is 4.68. The molecule has 0 aromatic rings. The lowest BCUT2D eigenvalue weighted by atomic mass is 10.1. The largest absolute Gasteiger partial charge is 0.377 e. The molecule has 0 saturated carbocycles. The summed E-state index contributed by atoms with van der Waals surface area (Å²) in [6.07, 6.45) is 4.11. The van der Waals surface area contributed by atoms with Gasteiger partial charge in [-0.2, -0.15) is 0 Å². The van der Waals surface area contributed by atoms with Gasteiger partial charge < -0.3 is 19.9 Å². The number of rotatable bonds is 11. The highest BCUT2D eigenvalue weighted by Gasteiger charge is 2.13. The van der Waals surface area contributed by atoms with E-state index in [1.54, 1.807) is 0 Å². The van der Waals surface area contributed by atoms with Gasteiger partial charge in [-0.05, 0) is 65.1 Å². The molecule has 1 fully saturated rings. The maximum Gasteiger partial charge on any atom is 0.0600 e. The molecule has 0 aliphatic carbocycles. The lowest BCUT2D eigenvalue weighted by molar-refractivity contribution is 0.0203. The highest BCUT2D eigenvalue weighted by atomic mass is 16.5. The van der Waals surface area contributed by atoms with Gasteiger partial charge in [0.05, 0.1) is 12.7 Å². The molecule has 0 atom stereocenters. The summed E-state index contributed by atoms with van der Waals surface area (Å²) >= 11 is 0. The van der Waals surface area contributed by atoms with Gasteiger partial charge in [-0.25, -0.2) is 0 Å². The van der Waals surface area contributed by atoms with Crippen molar-refractivity contribution < 1.29 is 4.74 Å². The number of nitrogens with zero attached hydrogens (tertiary/aromatic N) is 2. The summed E-state index contributed by atoms with van der Waals surface area (Å²) < 4.78 is 5.99. The first-order valence-electron chi connectivity index (χ1n) is 8.57. The van der Waals surface area contributed by atoms with Crippen LogP contribution in [0.5, 0.6) is 0 Å². The van der Waals surface area contributed by atoms with Crippen LogP contribution in [0.1, 0.15) is 40.0 Å². The summed E-state index contributed by atoms with van der Waals surface area (Å²) in [4.78, 5) is 5.02. The fraction of sp³-hybridized carbons (Fsp3) is 1.00. The lowest BCUT2D eigenvalue weighted by Gasteiger charge is -2.26. The van der Waals surface area contributed by atoms with Gasteiger partial charge in [-0.1, -0.05) is 20.8 Å². The smallest absolute Gasteiger partial charge is 0.0600 e. The maximum atomic E-state index is 5.99. The van der Waals surface area contributed by atoms with Crippen LogP contribution in [-0.2, 0) is 4.74 Å². The molecule has 20 heavy (non-hydrogen) atoms. The summed E-state index contributed by atoms with van der Waals surface area (Å²) in [7, 11) is 0. The van der Waals surface area contributed by atoms with Crippen molar-refractivity contribution in [1.82, 2.24) is 15.1 Å². The third kappa shape index (κ3) is 7.58. The molecule has 4 heteroatoms. The van der Waals surface area contributed by atoms with Crippen molar-refractivity contribution >= 4 is 0 Å². The first-order valence-corrected chi connectivity index (χ1v) is 8.57. The third-order valence-corrected chi connectivity index (χ3v) is 4.34. The van der Waals surface area contributed by atoms with Crippen molar-refractivity contribution in [2.75, 3.05) is 59.0 Å². The Bertz CT molecular complexity index is 216. The Morgan fingerprint density at radius 1 is 0.900 bits per heavy atom. The normalized spacial score (nSPS) is 17.2. The van der Waals surface area contributed by atoms with Crippen molar-refractivity contribution in [3.8, 4) is 0 Å². The molecule has 1 heterocycles. The van der Waals surface area contributed by atoms with Gasteiger partial charge in [0.15, 0.2) is 0 Å². The zero-order valence-corrected chi connectivity index (χ0v) is 13.9. The average Bonchev–Trinajstić information content (AvgIpc) is 2.51. The van der Waals surface area contributed by atoms with E-state index in [1.165, 1.54) is 45.4 Å². The Morgan fingerprint density at radius 3 is 2.10 bits per heavy atom. The molecule has 0 radical (unpaired) electrons. The Labute approximate surface area is 125 Å². The molecule has 120 valence electrons. The molecule has 1 aliphatic heterocycles. The number of nitrogens with one attached hydrogen (secondary N) is 1. The molecule has 0 aromatic heterocycles. The molecule has 1 aliphatic rings. The number of hydrogen-bond donors (Lipinski definition) is 1. The van der Waals surface area contributed by atoms with Crippen LogP contribution in [0.2, 0.25) is 0 Å². The number of piperidine rings is 1. The zero-order valence-electron chi connectivity index (χ0n) is 13.9. The number of likely N-dealkylation sites (N-methyl/N-ethyl adjacent to an activating group) is 1. The molecule has 0 unspecified atom stereocenters. The van der Waals surface area contributed by atoms with Gasteiger partial charge in [0.1, 0.15) is 0 Å². The standard InChI is InChI=1S/C16H35N3O/c1-4-18(5-2)12-7-13-19(6-3)14-15-20-16-8-10-17-11-9-16/h16-17H,4-15H2,1-3H3. The van der Waals surface area contributed by atoms with E-state index in [9.17, 15) is 0 Å². The first-order chi connectivity index (χ1) is 9.80. The fourth-order valence-electron chi connectivity index (χ4n) is 2.80. The van der Waals surface area contributed by atoms with Crippen LogP contribution in [0.4, 0.5) is 0 Å². The summed E-state index contributed by atoms with van der Waals surface area (Å²) in [5, 5.41) is 3.38. The van der Waals surface area contributed by atoms with Crippen molar-refractivity contribution in [2.24, 2.45) is 0 Å². The molecule has 1 N–H and O–H groups in total. The van der Waals surface area contributed by atoms with Crippen LogP contribution in [0.25, 0.3) is 0 Å². The van der Waals surface area contributed by atoms with E-state index >= 15 is 0 Å². The maximum absolute atomic E-state index is 5.99. The minimum atomic E-state index is 0.491. The molecule has 1 rings (SSSR count). The predicted octanol–water partition coefficient (Wildman–Crippen LogP) is 1.81. The third-order valence-electron chi connectivity index (χ3n) is 4.34. The van der Waals surface area contributed by atoms with Gasteiger partial charge in [0.25, 0.3) is 0 Å². The summed E-state index contributed by atoms with van der Waals surface area (Å²) in [5.41, 5.74) is 0. The Hall–Kier alpha value is -0.160. The zero-order chi connectivity index (χ0) is 14.6. The van der Waals surface area contributed by atoms with E-state index in [4.69, 9.17) is 4.74 Å². The lowest BCUT2D eigenvalue weighted by Crippen LogP contribution is -2.35. The summed E-state index contributed by atoms with van der Waals surface area (Å²) in [6, 6.07) is 0. The van der Waals surface area contributed by atoms with Gasteiger partial charge >= 0.3 is 0 Å². The summed E-state index contributed by atoms with van der Waals surface area (Å²) in [5.74, 6) is 0. The number of hydrogen-bond acceptors (Lipinski definition) is 4. The van der Waals surface area contributed by atoms with Crippen LogP contribution in [0.15, 0.2) is 0 Å². The second-order valence-corrected chi connectivity index (χ2v) is 5.63. The number of ether oxygens (including phenoxy) is 1. The van der Waals surface area contributed by atoms with E-state index in [0.717, 1.165) is 32.8 Å². The highest BCUT2D eigenvalue weighted by Crippen LogP contribution is 2.07. The molecule has 0 aromatic carbocycles. The Kier molecular flexibility index (Phi) is 10.3. The van der Waals surface area contributed by atoms with E-state index in [-0.39, 0.29) is 0 Å². The van der Waals surface area contributed by atoms with Gasteiger partial charge in [0, 0.05) is 6.54 Å². The van der Waals surface area contributed by atoms with Crippen molar-refractivity contribution in [2.45, 2.75) is 46.1 Å². The van der Waals surface area contributed by atoms with Crippen LogP contribution in [0, 0.1) is 0 Å². The van der Waals surface area contributed by atoms with E-state index in [2.05, 4.69) is 35.9 Å². The topological polar surface area (TPSA) is 27.7 Å². The van der Waals surface area contributed by atoms with Crippen molar-refractivity contribution in [3.05, 3.63) is 0 Å². The van der Waals surface area contributed by atoms with E-state index in [0.29, 0.717) is 6.10 Å². The van der Waals surface area contributed by atoms with Crippen molar-refractivity contribution in [3.63, 3.8) is 0 Å². The van der Waals surface area contributed by atoms with E-state index in [1.807, 2.05) is 0 Å². The molecule has 1 saturated heterocycles. The first kappa shape index (κ1) is 17.9. The van der Waals surface area contributed by atoms with Gasteiger partial charge in [-0.15, -0.1) is 0 Å². The van der Waals surface area contributed by atoms with Crippen LogP contribution < -0.4 is 5.32 Å². The fourth-order valence-corrected chi connectivity index (χ4v) is 2.80. The predicted molar refractivity (Wildman–Crippen MR) is 86.4 cm³/mol. The van der Waals surface area contributed by atoms with E-state index < -0.39 is 0 Å². The Morgan fingerprint density at radius 2 is 1.50 bits per heavy atom. The molecule has 0 bridgehead atoms. The molecule has 0 amide bonds. The summed E-state index contributed by atoms with van der Waals surface area (Å²) in [6.45, 7) is 16.8. The van der Waals surface area contributed by atoms with Gasteiger partial charge in [-0.3, -0.25) is 0 Å². The minimum Gasteiger partial charge on any atom is -0.377 e. The second kappa shape index (κ2) is 11.5.